The number of rotatable bonds is 10. The number of benzene rings is 1. The molecule has 2 rings (SSSR count). The van der Waals surface area contributed by atoms with Gasteiger partial charge in [-0.1, -0.05) is 13.0 Å². The van der Waals surface area contributed by atoms with Crippen molar-refractivity contribution in [2.45, 2.75) is 40.0 Å². The number of hydrogen-bond donors (Lipinski definition) is 2. The van der Waals surface area contributed by atoms with E-state index >= 15 is 0 Å². The highest BCUT2D eigenvalue weighted by atomic mass is 127. The summed E-state index contributed by atoms with van der Waals surface area (Å²) < 4.78 is 35.7. The molecule has 0 atom stereocenters. The van der Waals surface area contributed by atoms with Crippen LogP contribution in [0, 0.1) is 0 Å². The highest BCUT2D eigenvalue weighted by Crippen LogP contribution is 2.27. The zero-order chi connectivity index (χ0) is 20.2. The quantitative estimate of drug-likeness (QED) is 0.277. The maximum atomic E-state index is 12.8. The number of guanidine groups is 1. The summed E-state index contributed by atoms with van der Waals surface area (Å²) in [5.41, 5.74) is 1.41. The number of hydrogen-bond acceptors (Lipinski definition) is 4. The molecule has 2 aromatic rings. The van der Waals surface area contributed by atoms with Gasteiger partial charge in [0.2, 0.25) is 0 Å². The van der Waals surface area contributed by atoms with Gasteiger partial charge < -0.3 is 20.1 Å². The fourth-order valence-electron chi connectivity index (χ4n) is 2.36. The van der Waals surface area contributed by atoms with Gasteiger partial charge >= 0.3 is 6.61 Å². The molecule has 0 saturated carbocycles. The lowest BCUT2D eigenvalue weighted by Gasteiger charge is -2.14. The molecular formula is C20H27F2IN4O2. The number of aliphatic imine (C=N–C) groups is 1. The minimum atomic E-state index is -2.92. The predicted molar refractivity (Wildman–Crippen MR) is 120 cm³/mol. The Morgan fingerprint density at radius 2 is 2.00 bits per heavy atom. The summed E-state index contributed by atoms with van der Waals surface area (Å²) in [6.45, 7) is 2.85. The molecule has 1 heterocycles. The van der Waals surface area contributed by atoms with Crippen molar-refractivity contribution in [1.29, 1.82) is 0 Å². The molecule has 0 spiro atoms. The molecule has 0 radical (unpaired) electrons. The number of pyridine rings is 1. The van der Waals surface area contributed by atoms with Gasteiger partial charge in [0.15, 0.2) is 5.96 Å². The van der Waals surface area contributed by atoms with Crippen molar-refractivity contribution in [3.8, 4) is 11.5 Å². The molecule has 1 aromatic heterocycles. The maximum absolute atomic E-state index is 12.8. The first-order chi connectivity index (χ1) is 13.6. The van der Waals surface area contributed by atoms with Crippen molar-refractivity contribution in [2.75, 3.05) is 13.2 Å². The Hall–Kier alpha value is -2.17. The van der Waals surface area contributed by atoms with Crippen LogP contribution in [-0.2, 0) is 13.1 Å². The number of nitrogens with one attached hydrogen (secondary N) is 2. The zero-order valence-corrected chi connectivity index (χ0v) is 18.9. The second kappa shape index (κ2) is 13.9. The summed E-state index contributed by atoms with van der Waals surface area (Å²) in [5.74, 6) is 1.11. The highest BCUT2D eigenvalue weighted by Gasteiger charge is 2.12. The van der Waals surface area contributed by atoms with Gasteiger partial charge in [0.05, 0.1) is 25.4 Å². The van der Waals surface area contributed by atoms with Crippen LogP contribution >= 0.6 is 24.0 Å². The Bertz CT molecular complexity index is 749. The summed E-state index contributed by atoms with van der Waals surface area (Å²) in [6.07, 6.45) is 2.54. The lowest BCUT2D eigenvalue weighted by Crippen LogP contribution is -2.37. The van der Waals surface area contributed by atoms with Crippen LogP contribution in [0.5, 0.6) is 11.5 Å². The van der Waals surface area contributed by atoms with Gasteiger partial charge in [0.25, 0.3) is 0 Å². The third-order valence-electron chi connectivity index (χ3n) is 3.64. The van der Waals surface area contributed by atoms with Crippen LogP contribution in [0.2, 0.25) is 0 Å². The number of ether oxygens (including phenoxy) is 2. The topological polar surface area (TPSA) is 67.8 Å². The number of alkyl halides is 2. The summed E-state index contributed by atoms with van der Waals surface area (Å²) in [5, 5.41) is 6.29. The Kier molecular flexibility index (Phi) is 11.9. The Morgan fingerprint density at radius 3 is 2.66 bits per heavy atom. The first-order valence-electron chi connectivity index (χ1n) is 9.25. The molecule has 160 valence electrons. The van der Waals surface area contributed by atoms with Crippen LogP contribution in [0.1, 0.15) is 31.5 Å². The minimum absolute atomic E-state index is 0. The van der Waals surface area contributed by atoms with E-state index < -0.39 is 6.61 Å². The van der Waals surface area contributed by atoms with E-state index in [-0.39, 0.29) is 36.3 Å². The maximum Gasteiger partial charge on any atom is 0.387 e. The average Bonchev–Trinajstić information content (AvgIpc) is 2.69. The molecule has 29 heavy (non-hydrogen) atoms. The summed E-state index contributed by atoms with van der Waals surface area (Å²) >= 11 is 0. The van der Waals surface area contributed by atoms with Crippen molar-refractivity contribution >= 4 is 29.9 Å². The molecule has 0 saturated heterocycles. The minimum Gasteiger partial charge on any atom is -0.493 e. The van der Waals surface area contributed by atoms with E-state index in [9.17, 15) is 8.78 Å². The Morgan fingerprint density at radius 1 is 1.17 bits per heavy atom. The van der Waals surface area contributed by atoms with Crippen LogP contribution in [0.3, 0.4) is 0 Å². The third-order valence-corrected chi connectivity index (χ3v) is 3.64. The van der Waals surface area contributed by atoms with E-state index in [2.05, 4.69) is 25.3 Å². The van der Waals surface area contributed by atoms with Gasteiger partial charge in [-0.15, -0.1) is 24.0 Å². The Labute approximate surface area is 187 Å². The summed E-state index contributed by atoms with van der Waals surface area (Å²) in [6, 6.07) is 10.5. The smallest absolute Gasteiger partial charge is 0.387 e. The van der Waals surface area contributed by atoms with E-state index in [1.54, 1.807) is 18.3 Å². The second-order valence-electron chi connectivity index (χ2n) is 5.87. The van der Waals surface area contributed by atoms with Gasteiger partial charge in [0, 0.05) is 24.4 Å². The van der Waals surface area contributed by atoms with Crippen LogP contribution in [-0.4, -0.2) is 30.7 Å². The third kappa shape index (κ3) is 9.25. The molecule has 0 aliphatic heterocycles. The van der Waals surface area contributed by atoms with Gasteiger partial charge in [0.1, 0.15) is 11.5 Å². The van der Waals surface area contributed by atoms with E-state index in [0.717, 1.165) is 12.1 Å². The van der Waals surface area contributed by atoms with Crippen LogP contribution in [0.4, 0.5) is 8.78 Å². The van der Waals surface area contributed by atoms with Gasteiger partial charge in [-0.25, -0.2) is 4.99 Å². The Balaban J connectivity index is 0.00000420. The van der Waals surface area contributed by atoms with E-state index in [1.807, 2.05) is 32.0 Å². The molecule has 1 aromatic carbocycles. The van der Waals surface area contributed by atoms with Crippen molar-refractivity contribution in [3.63, 3.8) is 0 Å². The highest BCUT2D eigenvalue weighted by molar-refractivity contribution is 14.0. The van der Waals surface area contributed by atoms with Crippen LogP contribution < -0.4 is 20.1 Å². The summed E-state index contributed by atoms with van der Waals surface area (Å²) in [4.78, 5) is 8.71. The normalized spacial score (nSPS) is 11.0. The van der Waals surface area contributed by atoms with E-state index in [0.29, 0.717) is 37.0 Å². The van der Waals surface area contributed by atoms with Crippen molar-refractivity contribution < 1.29 is 18.3 Å². The second-order valence-corrected chi connectivity index (χ2v) is 5.87. The first-order valence-corrected chi connectivity index (χ1v) is 9.25. The lowest BCUT2D eigenvalue weighted by atomic mass is 10.2. The monoisotopic (exact) mass is 520 g/mol. The molecule has 6 nitrogen and oxygen atoms in total. The molecule has 0 bridgehead atoms. The zero-order valence-electron chi connectivity index (χ0n) is 16.5. The van der Waals surface area contributed by atoms with Crippen molar-refractivity contribution in [3.05, 3.63) is 53.9 Å². The SMILES string of the molecule is CCCOc1ccc(CN=C(NCC)NCc2ccccn2)c(OC(F)F)c1.I. The molecule has 0 amide bonds. The average molecular weight is 520 g/mol. The number of halogens is 3. The molecule has 0 fully saturated rings. The molecule has 0 aliphatic rings. The standard InChI is InChI=1S/C20H26F2N4O2.HI/c1-3-11-27-17-9-8-15(18(12-17)28-19(21)22)13-25-20(23-4-2)26-14-16-7-5-6-10-24-16;/h5-10,12,19H,3-4,11,13-14H2,1-2H3,(H2,23,25,26);1H. The molecule has 2 N–H and O–H groups in total. The summed E-state index contributed by atoms with van der Waals surface area (Å²) in [7, 11) is 0. The molecular weight excluding hydrogens is 493 g/mol. The molecule has 0 unspecified atom stereocenters. The number of nitrogens with zero attached hydrogens (tertiary/aromatic N) is 2. The fourth-order valence-corrected chi connectivity index (χ4v) is 2.36. The van der Waals surface area contributed by atoms with Crippen molar-refractivity contribution in [2.24, 2.45) is 4.99 Å². The predicted octanol–water partition coefficient (Wildman–Crippen LogP) is 4.35. The van der Waals surface area contributed by atoms with Gasteiger partial charge in [-0.2, -0.15) is 8.78 Å². The lowest BCUT2D eigenvalue weighted by molar-refractivity contribution is -0.0505. The van der Waals surface area contributed by atoms with Crippen LogP contribution in [0.25, 0.3) is 0 Å². The van der Waals surface area contributed by atoms with Gasteiger partial charge in [-0.05, 0) is 37.6 Å². The van der Waals surface area contributed by atoms with Gasteiger partial charge in [-0.3, -0.25) is 4.98 Å². The number of aromatic nitrogens is 1. The molecule has 0 aliphatic carbocycles. The fraction of sp³-hybridized carbons (Fsp3) is 0.400. The first kappa shape index (κ1) is 24.9. The van der Waals surface area contributed by atoms with E-state index in [4.69, 9.17) is 4.74 Å². The largest absolute Gasteiger partial charge is 0.493 e. The van der Waals surface area contributed by atoms with Crippen LogP contribution in [0.15, 0.2) is 47.6 Å². The molecule has 9 heteroatoms. The van der Waals surface area contributed by atoms with E-state index in [1.165, 1.54) is 6.07 Å². The van der Waals surface area contributed by atoms with Crippen molar-refractivity contribution in [1.82, 2.24) is 15.6 Å².